The van der Waals surface area contributed by atoms with Gasteiger partial charge in [0.1, 0.15) is 0 Å². The van der Waals surface area contributed by atoms with E-state index in [9.17, 15) is 0 Å². The molecule has 0 heterocycles. The fourth-order valence-electron chi connectivity index (χ4n) is 6.02. The van der Waals surface area contributed by atoms with Gasteiger partial charge in [-0.25, -0.2) is 4.44 Å². The summed E-state index contributed by atoms with van der Waals surface area (Å²) in [5.74, 6) is 0.509. The van der Waals surface area contributed by atoms with Crippen molar-refractivity contribution >= 4 is 37.4 Å². The third kappa shape index (κ3) is 5.13. The van der Waals surface area contributed by atoms with E-state index in [1.807, 2.05) is 0 Å². The molecule has 0 bridgehead atoms. The molecule has 1 aliphatic rings. The van der Waals surface area contributed by atoms with Crippen molar-refractivity contribution in [3.8, 4) is 0 Å². The normalized spacial score (nSPS) is 16.7. The molecule has 3 heteroatoms. The minimum atomic E-state index is -0.823. The highest BCUT2D eigenvalue weighted by Crippen LogP contribution is 2.63. The lowest BCUT2D eigenvalue weighted by Gasteiger charge is -2.45. The molecule has 2 unspecified atom stereocenters. The van der Waals surface area contributed by atoms with E-state index < -0.39 is 16.1 Å². The van der Waals surface area contributed by atoms with Crippen LogP contribution in [0.3, 0.4) is 0 Å². The summed E-state index contributed by atoms with van der Waals surface area (Å²) in [5, 5.41) is 5.63. The van der Waals surface area contributed by atoms with Gasteiger partial charge in [0.25, 0.3) is 0 Å². The first-order valence-electron chi connectivity index (χ1n) is 13.8. The molecule has 0 N–H and O–H groups in total. The van der Waals surface area contributed by atoms with Crippen LogP contribution in [0.25, 0.3) is 0 Å². The maximum Gasteiger partial charge on any atom is 0.0470 e. The van der Waals surface area contributed by atoms with E-state index in [0.29, 0.717) is 12.0 Å². The van der Waals surface area contributed by atoms with E-state index in [4.69, 9.17) is 0 Å². The first-order valence-corrected chi connectivity index (χ1v) is 16.4. The third-order valence-corrected chi connectivity index (χ3v) is 13.4. The van der Waals surface area contributed by atoms with Crippen LogP contribution in [-0.4, -0.2) is 4.44 Å². The van der Waals surface area contributed by atoms with Gasteiger partial charge >= 0.3 is 0 Å². The van der Waals surface area contributed by atoms with E-state index in [-0.39, 0.29) is 0 Å². The van der Waals surface area contributed by atoms with Crippen molar-refractivity contribution < 1.29 is 0 Å². The SMILES string of the molecule is Cc1ccc(C)c2c1CC(C)C2N(P(c1ccccc1)c1ccccc1)P(c1ccccc1)c1ccccc1. The summed E-state index contributed by atoms with van der Waals surface area (Å²) in [5.41, 5.74) is 5.96. The molecule has 0 saturated carbocycles. The summed E-state index contributed by atoms with van der Waals surface area (Å²) in [6.07, 6.45) is 1.13. The maximum absolute atomic E-state index is 2.98. The van der Waals surface area contributed by atoms with E-state index in [2.05, 4.69) is 159 Å². The molecular weight excluding hydrogens is 508 g/mol. The van der Waals surface area contributed by atoms with Crippen LogP contribution >= 0.6 is 16.1 Å². The number of nitrogens with zero attached hydrogens (tertiary/aromatic N) is 1. The molecule has 194 valence electrons. The summed E-state index contributed by atoms with van der Waals surface area (Å²) in [4.78, 5) is 0. The van der Waals surface area contributed by atoms with Gasteiger partial charge in [0, 0.05) is 22.2 Å². The Labute approximate surface area is 236 Å². The zero-order valence-electron chi connectivity index (χ0n) is 22.9. The number of benzene rings is 5. The van der Waals surface area contributed by atoms with Gasteiger partial charge in [-0.1, -0.05) is 140 Å². The molecule has 6 rings (SSSR count). The molecule has 0 aliphatic heterocycles. The van der Waals surface area contributed by atoms with E-state index in [1.54, 1.807) is 11.1 Å². The van der Waals surface area contributed by atoms with Gasteiger partial charge in [0.2, 0.25) is 0 Å². The molecule has 2 atom stereocenters. The van der Waals surface area contributed by atoms with Crippen molar-refractivity contribution in [1.82, 2.24) is 4.44 Å². The van der Waals surface area contributed by atoms with Crippen LogP contribution in [0.4, 0.5) is 0 Å². The van der Waals surface area contributed by atoms with Crippen LogP contribution < -0.4 is 21.2 Å². The lowest BCUT2D eigenvalue weighted by Crippen LogP contribution is -2.35. The minimum Gasteiger partial charge on any atom is -0.237 e. The van der Waals surface area contributed by atoms with Gasteiger partial charge < -0.3 is 0 Å². The number of fused-ring (bicyclic) bond motifs is 1. The van der Waals surface area contributed by atoms with Crippen LogP contribution in [-0.2, 0) is 6.42 Å². The highest BCUT2D eigenvalue weighted by Gasteiger charge is 2.44. The van der Waals surface area contributed by atoms with Crippen LogP contribution in [0.5, 0.6) is 0 Å². The molecule has 0 radical (unpaired) electrons. The van der Waals surface area contributed by atoms with Crippen LogP contribution in [0.15, 0.2) is 133 Å². The molecule has 5 aromatic carbocycles. The molecule has 0 saturated heterocycles. The predicted octanol–water partition coefficient (Wildman–Crippen LogP) is 7.93. The fraction of sp³-hybridized carbons (Fsp3) is 0.167. The lowest BCUT2D eigenvalue weighted by atomic mass is 9.98. The molecule has 0 fully saturated rings. The van der Waals surface area contributed by atoms with Gasteiger partial charge in [-0.3, -0.25) is 0 Å². The fourth-order valence-corrected chi connectivity index (χ4v) is 12.5. The first kappa shape index (κ1) is 26.2. The van der Waals surface area contributed by atoms with E-state index in [0.717, 1.165) is 6.42 Å². The van der Waals surface area contributed by atoms with Crippen molar-refractivity contribution in [2.45, 2.75) is 33.2 Å². The first-order chi connectivity index (χ1) is 19.1. The molecule has 0 aromatic heterocycles. The summed E-state index contributed by atoms with van der Waals surface area (Å²) in [6.45, 7) is 7.10. The Morgan fingerprint density at radius 1 is 0.513 bits per heavy atom. The van der Waals surface area contributed by atoms with Gasteiger partial charge in [-0.2, -0.15) is 0 Å². The van der Waals surface area contributed by atoms with Gasteiger partial charge in [-0.15, -0.1) is 0 Å². The molecule has 1 aliphatic carbocycles. The van der Waals surface area contributed by atoms with E-state index in [1.165, 1.54) is 32.3 Å². The molecular formula is C36H35NP2. The number of hydrogen-bond donors (Lipinski definition) is 0. The molecule has 0 amide bonds. The highest BCUT2D eigenvalue weighted by molar-refractivity contribution is 7.84. The Morgan fingerprint density at radius 3 is 1.26 bits per heavy atom. The molecule has 1 nitrogen and oxygen atoms in total. The number of rotatable bonds is 7. The summed E-state index contributed by atoms with van der Waals surface area (Å²) >= 11 is 0. The zero-order valence-corrected chi connectivity index (χ0v) is 24.7. The van der Waals surface area contributed by atoms with Gasteiger partial charge in [0.15, 0.2) is 0 Å². The zero-order chi connectivity index (χ0) is 26.8. The minimum absolute atomic E-state index is 0.318. The standard InChI is InChI=1S/C36H35NP2/c1-27-24-25-28(2)35-34(27)26-29(3)36(35)37(38(30-16-8-4-9-17-30)31-18-10-5-11-19-31)39(32-20-12-6-13-21-32)33-22-14-7-15-23-33/h4-25,29,36H,26H2,1-3H3. The van der Waals surface area contributed by atoms with E-state index >= 15 is 0 Å². The molecule has 39 heavy (non-hydrogen) atoms. The van der Waals surface area contributed by atoms with Crippen LogP contribution in [0.2, 0.25) is 0 Å². The van der Waals surface area contributed by atoms with Gasteiger partial charge in [0.05, 0.1) is 0 Å². The Bertz CT molecular complexity index is 1360. The van der Waals surface area contributed by atoms with Crippen molar-refractivity contribution in [2.24, 2.45) is 5.92 Å². The van der Waals surface area contributed by atoms with Crippen LogP contribution in [0, 0.1) is 19.8 Å². The Morgan fingerprint density at radius 2 is 0.872 bits per heavy atom. The highest BCUT2D eigenvalue weighted by atomic mass is 31.2. The summed E-state index contributed by atoms with van der Waals surface area (Å²) in [7, 11) is -1.65. The number of aryl methyl sites for hydroxylation is 2. The average molecular weight is 544 g/mol. The Balaban J connectivity index is 1.67. The van der Waals surface area contributed by atoms with Crippen molar-refractivity contribution in [2.75, 3.05) is 0 Å². The number of hydrogen-bond acceptors (Lipinski definition) is 1. The largest absolute Gasteiger partial charge is 0.237 e. The van der Waals surface area contributed by atoms with Gasteiger partial charge in [-0.05, 0) is 69.7 Å². The lowest BCUT2D eigenvalue weighted by molar-refractivity contribution is 0.395. The second kappa shape index (κ2) is 11.6. The monoisotopic (exact) mass is 543 g/mol. The molecule has 5 aromatic rings. The van der Waals surface area contributed by atoms with Crippen molar-refractivity contribution in [3.05, 3.63) is 156 Å². The average Bonchev–Trinajstić information content (AvgIpc) is 3.34. The van der Waals surface area contributed by atoms with Crippen molar-refractivity contribution in [3.63, 3.8) is 0 Å². The Hall–Kier alpha value is -3.08. The second-order valence-corrected chi connectivity index (χ2v) is 15.0. The molecule has 0 spiro atoms. The van der Waals surface area contributed by atoms with Crippen LogP contribution in [0.1, 0.15) is 35.2 Å². The second-order valence-electron chi connectivity index (χ2n) is 10.5. The summed E-state index contributed by atoms with van der Waals surface area (Å²) < 4.78 is 2.98. The summed E-state index contributed by atoms with van der Waals surface area (Å²) in [6, 6.07) is 50.0. The van der Waals surface area contributed by atoms with Crippen molar-refractivity contribution in [1.29, 1.82) is 0 Å². The maximum atomic E-state index is 2.98. The topological polar surface area (TPSA) is 3.24 Å². The smallest absolute Gasteiger partial charge is 0.0470 e. The quantitative estimate of drug-likeness (QED) is 0.188. The Kier molecular flexibility index (Phi) is 7.76. The predicted molar refractivity (Wildman–Crippen MR) is 172 cm³/mol. The third-order valence-electron chi connectivity index (χ3n) is 7.83.